The van der Waals surface area contributed by atoms with E-state index in [0.29, 0.717) is 25.5 Å². The van der Waals surface area contributed by atoms with E-state index in [1.165, 1.54) is 4.90 Å². The van der Waals surface area contributed by atoms with Gasteiger partial charge in [0.05, 0.1) is 6.54 Å². The van der Waals surface area contributed by atoms with Gasteiger partial charge in [-0.2, -0.15) is 0 Å². The van der Waals surface area contributed by atoms with E-state index in [4.69, 9.17) is 27.9 Å². The minimum atomic E-state index is -1.40. The second-order valence-electron chi connectivity index (χ2n) is 4.26. The smallest absolute Gasteiger partial charge is 0.265 e. The van der Waals surface area contributed by atoms with Crippen LogP contribution in [0.4, 0.5) is 0 Å². The Kier molecular flexibility index (Phi) is 4.38. The van der Waals surface area contributed by atoms with E-state index in [0.717, 1.165) is 5.56 Å². The highest BCUT2D eigenvalue weighted by Gasteiger charge is 2.39. The van der Waals surface area contributed by atoms with Gasteiger partial charge in [-0.25, -0.2) is 0 Å². The summed E-state index contributed by atoms with van der Waals surface area (Å²) in [6.07, 6.45) is 2.16. The van der Waals surface area contributed by atoms with E-state index in [1.54, 1.807) is 6.92 Å². The zero-order chi connectivity index (χ0) is 13.9. The molecule has 0 aliphatic carbocycles. The summed E-state index contributed by atoms with van der Waals surface area (Å²) in [5.74, 6) is 0.160. The van der Waals surface area contributed by atoms with Gasteiger partial charge in [0.1, 0.15) is 6.61 Å². The fourth-order valence-corrected chi connectivity index (χ4v) is 2.00. The van der Waals surface area contributed by atoms with Gasteiger partial charge in [0.2, 0.25) is 0 Å². The van der Waals surface area contributed by atoms with Crippen molar-refractivity contribution in [1.29, 1.82) is 0 Å². The molecule has 1 aromatic rings. The molecule has 5 heteroatoms. The van der Waals surface area contributed by atoms with Gasteiger partial charge < -0.3 is 4.74 Å². The number of hydrogen-bond acceptors (Lipinski definition) is 2. The Morgan fingerprint density at radius 1 is 1.42 bits per heavy atom. The van der Waals surface area contributed by atoms with Gasteiger partial charge in [-0.15, -0.1) is 0 Å². The van der Waals surface area contributed by atoms with Gasteiger partial charge in [0.15, 0.2) is 10.2 Å². The monoisotopic (exact) mass is 299 g/mol. The number of benzene rings is 1. The van der Waals surface area contributed by atoms with Crippen molar-refractivity contribution >= 4 is 35.2 Å². The summed E-state index contributed by atoms with van der Waals surface area (Å²) in [7, 11) is 0. The largest absolute Gasteiger partial charge is 0.477 e. The number of hydrogen-bond donors (Lipinski definition) is 0. The first kappa shape index (κ1) is 14.2. The topological polar surface area (TPSA) is 29.5 Å². The molecule has 1 aliphatic rings. The van der Waals surface area contributed by atoms with Crippen LogP contribution in [0.1, 0.15) is 18.9 Å². The van der Waals surface area contributed by atoms with E-state index >= 15 is 0 Å². The SMILES string of the molecule is CCC(Cl)(Cl)C(=O)N1CCO/C1=C\c1ccccc1. The molecule has 0 atom stereocenters. The van der Waals surface area contributed by atoms with E-state index in [9.17, 15) is 4.79 Å². The lowest BCUT2D eigenvalue weighted by atomic mass is 10.2. The quantitative estimate of drug-likeness (QED) is 0.800. The number of ether oxygens (including phenoxy) is 1. The number of rotatable bonds is 3. The lowest BCUT2D eigenvalue weighted by molar-refractivity contribution is -0.129. The molecule has 1 heterocycles. The fraction of sp³-hybridized carbons (Fsp3) is 0.357. The number of halogens is 2. The van der Waals surface area contributed by atoms with Crippen LogP contribution in [0.25, 0.3) is 6.08 Å². The van der Waals surface area contributed by atoms with Crippen molar-refractivity contribution < 1.29 is 9.53 Å². The minimum Gasteiger partial charge on any atom is -0.477 e. The summed E-state index contributed by atoms with van der Waals surface area (Å²) >= 11 is 12.0. The molecule has 0 bridgehead atoms. The maximum absolute atomic E-state index is 12.2. The minimum absolute atomic E-state index is 0.335. The highest BCUT2D eigenvalue weighted by atomic mass is 35.5. The number of alkyl halides is 2. The molecular weight excluding hydrogens is 285 g/mol. The third kappa shape index (κ3) is 3.23. The number of carbonyl (C=O) groups excluding carboxylic acids is 1. The second kappa shape index (κ2) is 5.85. The van der Waals surface area contributed by atoms with Crippen molar-refractivity contribution in [2.75, 3.05) is 13.2 Å². The molecule has 19 heavy (non-hydrogen) atoms. The van der Waals surface area contributed by atoms with Gasteiger partial charge in [0, 0.05) is 6.08 Å². The molecule has 1 aromatic carbocycles. The summed E-state index contributed by atoms with van der Waals surface area (Å²) in [5.41, 5.74) is 0.962. The first-order valence-corrected chi connectivity index (χ1v) is 6.89. The Morgan fingerprint density at radius 3 is 2.74 bits per heavy atom. The molecule has 0 saturated carbocycles. The number of nitrogens with zero attached hydrogens (tertiary/aromatic N) is 1. The van der Waals surface area contributed by atoms with Gasteiger partial charge in [-0.3, -0.25) is 9.69 Å². The van der Waals surface area contributed by atoms with Gasteiger partial charge >= 0.3 is 0 Å². The third-order valence-electron chi connectivity index (χ3n) is 2.92. The maximum atomic E-state index is 12.2. The van der Waals surface area contributed by atoms with Crippen molar-refractivity contribution in [1.82, 2.24) is 4.90 Å². The lowest BCUT2D eigenvalue weighted by Crippen LogP contribution is -2.39. The molecule has 0 unspecified atom stereocenters. The molecule has 1 amide bonds. The second-order valence-corrected chi connectivity index (χ2v) is 5.74. The van der Waals surface area contributed by atoms with E-state index in [-0.39, 0.29) is 5.91 Å². The van der Waals surface area contributed by atoms with Crippen LogP contribution in [0.2, 0.25) is 0 Å². The molecule has 3 nitrogen and oxygen atoms in total. The first-order chi connectivity index (χ1) is 9.04. The standard InChI is InChI=1S/C14H15Cl2NO2/c1-2-14(15,16)13(18)17-8-9-19-12(17)10-11-6-4-3-5-7-11/h3-7,10H,2,8-9H2,1H3/b12-10-. The Bertz CT molecular complexity index is 485. The Hall–Kier alpha value is -1.19. The average Bonchev–Trinajstić information content (AvgIpc) is 2.87. The first-order valence-electron chi connectivity index (χ1n) is 6.14. The Labute approximate surface area is 122 Å². The summed E-state index contributed by atoms with van der Waals surface area (Å²) in [6.45, 7) is 2.70. The van der Waals surface area contributed by atoms with Crippen LogP contribution in [0.5, 0.6) is 0 Å². The highest BCUT2D eigenvalue weighted by Crippen LogP contribution is 2.31. The van der Waals surface area contributed by atoms with Crippen LogP contribution in [-0.4, -0.2) is 28.3 Å². The molecule has 1 fully saturated rings. The van der Waals surface area contributed by atoms with Gasteiger partial charge in [-0.1, -0.05) is 60.5 Å². The molecule has 0 N–H and O–H groups in total. The van der Waals surface area contributed by atoms with Crippen LogP contribution in [0.15, 0.2) is 36.2 Å². The normalized spacial score (nSPS) is 17.6. The summed E-state index contributed by atoms with van der Waals surface area (Å²) in [4.78, 5) is 13.7. The highest BCUT2D eigenvalue weighted by molar-refractivity contribution is 6.58. The van der Waals surface area contributed by atoms with Crippen molar-refractivity contribution in [3.63, 3.8) is 0 Å². The number of amides is 1. The predicted molar refractivity (Wildman–Crippen MR) is 76.8 cm³/mol. The molecular formula is C14H15Cl2NO2. The van der Waals surface area contributed by atoms with E-state index < -0.39 is 4.33 Å². The van der Waals surface area contributed by atoms with Crippen LogP contribution in [0.3, 0.4) is 0 Å². The van der Waals surface area contributed by atoms with Crippen LogP contribution >= 0.6 is 23.2 Å². The van der Waals surface area contributed by atoms with E-state index in [2.05, 4.69) is 0 Å². The molecule has 0 spiro atoms. The summed E-state index contributed by atoms with van der Waals surface area (Å²) < 4.78 is 4.08. The van der Waals surface area contributed by atoms with Crippen molar-refractivity contribution in [3.05, 3.63) is 41.8 Å². The fourth-order valence-electron chi connectivity index (χ4n) is 1.79. The zero-order valence-corrected chi connectivity index (χ0v) is 12.1. The average molecular weight is 300 g/mol. The van der Waals surface area contributed by atoms with Crippen LogP contribution < -0.4 is 0 Å². The molecule has 102 valence electrons. The van der Waals surface area contributed by atoms with Gasteiger partial charge in [-0.05, 0) is 12.0 Å². The maximum Gasteiger partial charge on any atom is 0.265 e. The van der Waals surface area contributed by atoms with Crippen molar-refractivity contribution in [2.45, 2.75) is 17.7 Å². The van der Waals surface area contributed by atoms with Crippen LogP contribution in [-0.2, 0) is 9.53 Å². The van der Waals surface area contributed by atoms with Gasteiger partial charge in [0.25, 0.3) is 5.91 Å². The lowest BCUT2D eigenvalue weighted by Gasteiger charge is -2.23. The third-order valence-corrected chi connectivity index (χ3v) is 3.78. The molecule has 1 aliphatic heterocycles. The summed E-state index contributed by atoms with van der Waals surface area (Å²) in [6, 6.07) is 9.65. The molecule has 0 aromatic heterocycles. The van der Waals surface area contributed by atoms with E-state index in [1.807, 2.05) is 36.4 Å². The van der Waals surface area contributed by atoms with Crippen molar-refractivity contribution in [3.8, 4) is 0 Å². The zero-order valence-electron chi connectivity index (χ0n) is 10.6. The predicted octanol–water partition coefficient (Wildman–Crippen LogP) is 3.43. The summed E-state index contributed by atoms with van der Waals surface area (Å²) in [5, 5.41) is 0. The Morgan fingerprint density at radius 2 is 2.11 bits per heavy atom. The van der Waals surface area contributed by atoms with Crippen LogP contribution in [0, 0.1) is 0 Å². The number of carbonyl (C=O) groups is 1. The molecule has 2 rings (SSSR count). The van der Waals surface area contributed by atoms with Crippen molar-refractivity contribution in [2.24, 2.45) is 0 Å². The molecule has 0 radical (unpaired) electrons. The Balaban J connectivity index is 2.23. The molecule has 1 saturated heterocycles.